The number of nitrogens with zero attached hydrogens (tertiary/aromatic N) is 1. The molecule has 1 amide bonds. The van der Waals surface area contributed by atoms with E-state index in [4.69, 9.17) is 4.74 Å². The fourth-order valence-corrected chi connectivity index (χ4v) is 3.22. The highest BCUT2D eigenvalue weighted by Gasteiger charge is 2.12. The monoisotopic (exact) mass is 405 g/mol. The van der Waals surface area contributed by atoms with Crippen molar-refractivity contribution in [3.63, 3.8) is 0 Å². The van der Waals surface area contributed by atoms with Crippen LogP contribution in [0.25, 0.3) is 0 Å². The van der Waals surface area contributed by atoms with Crippen molar-refractivity contribution in [1.29, 1.82) is 0 Å². The maximum absolute atomic E-state index is 12.5. The second kappa shape index (κ2) is 10.2. The molecule has 7 nitrogen and oxygen atoms in total. The predicted molar refractivity (Wildman–Crippen MR) is 110 cm³/mol. The number of rotatable bonds is 10. The lowest BCUT2D eigenvalue weighted by atomic mass is 10.1. The summed E-state index contributed by atoms with van der Waals surface area (Å²) < 4.78 is 31.2. The fourth-order valence-electron chi connectivity index (χ4n) is 2.44. The molecule has 0 saturated heterocycles. The molecule has 0 bridgehead atoms. The van der Waals surface area contributed by atoms with Crippen molar-refractivity contribution in [2.75, 3.05) is 34.3 Å². The number of carbonyl (C=O) groups excluding carboxylic acids is 1. The minimum absolute atomic E-state index is 0.0756. The number of hydrogen-bond acceptors (Lipinski definition) is 5. The lowest BCUT2D eigenvalue weighted by Gasteiger charge is -2.14. The molecule has 0 aromatic heterocycles. The molecule has 2 aromatic carbocycles. The molecule has 0 aliphatic rings. The van der Waals surface area contributed by atoms with E-state index in [2.05, 4.69) is 10.0 Å². The van der Waals surface area contributed by atoms with Gasteiger partial charge in [0.1, 0.15) is 12.4 Å². The third kappa shape index (κ3) is 6.95. The Kier molecular flexibility index (Phi) is 7.98. The van der Waals surface area contributed by atoms with Crippen LogP contribution in [0, 0.1) is 0 Å². The van der Waals surface area contributed by atoms with Crippen LogP contribution in [-0.4, -0.2) is 53.5 Å². The van der Waals surface area contributed by atoms with Gasteiger partial charge in [0.15, 0.2) is 0 Å². The minimum Gasteiger partial charge on any atom is -0.491 e. The Bertz CT molecular complexity index is 881. The van der Waals surface area contributed by atoms with Crippen molar-refractivity contribution < 1.29 is 17.9 Å². The summed E-state index contributed by atoms with van der Waals surface area (Å²) in [5, 5.41) is 2.87. The summed E-state index contributed by atoms with van der Waals surface area (Å²) in [6, 6.07) is 14.2. The van der Waals surface area contributed by atoms with Gasteiger partial charge in [-0.05, 0) is 44.4 Å². The zero-order valence-corrected chi connectivity index (χ0v) is 17.3. The average Bonchev–Trinajstić information content (AvgIpc) is 2.67. The molecule has 2 N–H and O–H groups in total. The van der Waals surface area contributed by atoms with E-state index in [-0.39, 0.29) is 11.7 Å². The number of amides is 1. The van der Waals surface area contributed by atoms with Crippen LogP contribution < -0.4 is 14.8 Å². The van der Waals surface area contributed by atoms with Crippen molar-refractivity contribution in [3.05, 3.63) is 65.2 Å². The van der Waals surface area contributed by atoms with Gasteiger partial charge in [0.25, 0.3) is 5.91 Å². The second-order valence-electron chi connectivity index (χ2n) is 6.61. The molecular formula is C20H27N3O4S. The van der Waals surface area contributed by atoms with Gasteiger partial charge in [-0.25, -0.2) is 13.1 Å². The van der Waals surface area contributed by atoms with Crippen LogP contribution in [-0.2, 0) is 22.3 Å². The normalized spacial score (nSPS) is 11.4. The van der Waals surface area contributed by atoms with E-state index in [9.17, 15) is 13.2 Å². The Morgan fingerprint density at radius 2 is 1.68 bits per heavy atom. The summed E-state index contributed by atoms with van der Waals surface area (Å²) in [5.41, 5.74) is 2.05. The van der Waals surface area contributed by atoms with E-state index in [1.807, 2.05) is 25.1 Å². The fraction of sp³-hybridized carbons (Fsp3) is 0.350. The number of ether oxygens (including phenoxy) is 1. The molecule has 0 aliphatic carbocycles. The number of nitrogens with one attached hydrogen (secondary N) is 2. The molecule has 152 valence electrons. The Morgan fingerprint density at radius 3 is 2.32 bits per heavy atom. The summed E-state index contributed by atoms with van der Waals surface area (Å²) in [7, 11) is 2.01. The maximum atomic E-state index is 12.5. The Balaban J connectivity index is 1.95. The first kappa shape index (κ1) is 21.9. The van der Waals surface area contributed by atoms with E-state index in [0.717, 1.165) is 12.1 Å². The summed E-state index contributed by atoms with van der Waals surface area (Å²) in [6.45, 7) is 1.59. The van der Waals surface area contributed by atoms with E-state index >= 15 is 0 Å². The van der Waals surface area contributed by atoms with Gasteiger partial charge in [0.05, 0.1) is 11.3 Å². The second-order valence-corrected chi connectivity index (χ2v) is 8.54. The first-order valence-corrected chi connectivity index (χ1v) is 10.6. The van der Waals surface area contributed by atoms with Crippen LogP contribution in [0.4, 0.5) is 0 Å². The molecule has 2 rings (SSSR count). The van der Waals surface area contributed by atoms with Crippen LogP contribution in [0.1, 0.15) is 21.5 Å². The van der Waals surface area contributed by atoms with Gasteiger partial charge >= 0.3 is 0 Å². The highest BCUT2D eigenvalue weighted by atomic mass is 32.2. The molecule has 0 aliphatic heterocycles. The number of carbonyl (C=O) groups is 1. The number of sulfonamides is 1. The Labute approximate surface area is 166 Å². The maximum Gasteiger partial charge on any atom is 0.255 e. The smallest absolute Gasteiger partial charge is 0.255 e. The third-order valence-electron chi connectivity index (χ3n) is 4.07. The highest BCUT2D eigenvalue weighted by Crippen LogP contribution is 2.18. The van der Waals surface area contributed by atoms with E-state index in [1.165, 1.54) is 7.05 Å². The number of hydrogen-bond donors (Lipinski definition) is 2. The lowest BCUT2D eigenvalue weighted by Crippen LogP contribution is -2.24. The third-order valence-corrected chi connectivity index (χ3v) is 5.41. The molecule has 0 heterocycles. The van der Waals surface area contributed by atoms with E-state index in [0.29, 0.717) is 30.0 Å². The molecule has 0 atom stereocenters. The molecule has 0 spiro atoms. The molecule has 28 heavy (non-hydrogen) atoms. The van der Waals surface area contributed by atoms with Gasteiger partial charge < -0.3 is 15.0 Å². The Hall–Kier alpha value is -2.42. The van der Waals surface area contributed by atoms with Crippen LogP contribution in [0.15, 0.2) is 48.5 Å². The van der Waals surface area contributed by atoms with Crippen molar-refractivity contribution in [2.24, 2.45) is 0 Å². The standard InChI is InChI=1S/C20H27N3O4S/c1-21-28(25,26)15-17-10-8-16(9-11-17)14-22-20(24)18-6-4-5-7-19(18)27-13-12-23(2)3/h4-11,21H,12-15H2,1-3H3,(H,22,24). The molecule has 0 fully saturated rings. The van der Waals surface area contributed by atoms with Crippen LogP contribution in [0.2, 0.25) is 0 Å². The quantitative estimate of drug-likeness (QED) is 0.627. The number of likely N-dealkylation sites (N-methyl/N-ethyl adjacent to an activating group) is 1. The van der Waals surface area contributed by atoms with Crippen molar-refractivity contribution in [3.8, 4) is 5.75 Å². The zero-order valence-electron chi connectivity index (χ0n) is 16.4. The SMILES string of the molecule is CNS(=O)(=O)Cc1ccc(CNC(=O)c2ccccc2OCCN(C)C)cc1. The lowest BCUT2D eigenvalue weighted by molar-refractivity contribution is 0.0946. The zero-order chi connectivity index (χ0) is 20.6. The number of benzene rings is 2. The van der Waals surface area contributed by atoms with Crippen molar-refractivity contribution in [2.45, 2.75) is 12.3 Å². The summed E-state index contributed by atoms with van der Waals surface area (Å²) in [5.74, 6) is 0.255. The molecular weight excluding hydrogens is 378 g/mol. The van der Waals surface area contributed by atoms with Crippen LogP contribution in [0.5, 0.6) is 5.75 Å². The van der Waals surface area contributed by atoms with Crippen LogP contribution in [0.3, 0.4) is 0 Å². The molecule has 0 radical (unpaired) electrons. The largest absolute Gasteiger partial charge is 0.491 e. The average molecular weight is 406 g/mol. The van der Waals surface area contributed by atoms with Gasteiger partial charge in [-0.3, -0.25) is 4.79 Å². The van der Waals surface area contributed by atoms with Crippen molar-refractivity contribution in [1.82, 2.24) is 14.9 Å². The molecule has 0 unspecified atom stereocenters. The molecule has 8 heteroatoms. The summed E-state index contributed by atoms with van der Waals surface area (Å²) in [4.78, 5) is 14.5. The number of para-hydroxylation sites is 1. The van der Waals surface area contributed by atoms with Gasteiger partial charge in [0.2, 0.25) is 10.0 Å². The van der Waals surface area contributed by atoms with E-state index in [1.54, 1.807) is 42.5 Å². The van der Waals surface area contributed by atoms with Gasteiger partial charge in [-0.15, -0.1) is 0 Å². The molecule has 2 aromatic rings. The first-order valence-electron chi connectivity index (χ1n) is 8.94. The summed E-state index contributed by atoms with van der Waals surface area (Å²) in [6.07, 6.45) is 0. The molecule has 0 saturated carbocycles. The Morgan fingerprint density at radius 1 is 1.04 bits per heavy atom. The topological polar surface area (TPSA) is 87.7 Å². The van der Waals surface area contributed by atoms with Gasteiger partial charge in [-0.2, -0.15) is 0 Å². The van der Waals surface area contributed by atoms with Crippen molar-refractivity contribution >= 4 is 15.9 Å². The van der Waals surface area contributed by atoms with Crippen LogP contribution >= 0.6 is 0 Å². The highest BCUT2D eigenvalue weighted by molar-refractivity contribution is 7.88. The minimum atomic E-state index is -3.30. The van der Waals surface area contributed by atoms with E-state index < -0.39 is 10.0 Å². The predicted octanol–water partition coefficient (Wildman–Crippen LogP) is 1.61. The summed E-state index contributed by atoms with van der Waals surface area (Å²) >= 11 is 0. The first-order chi connectivity index (χ1) is 13.3. The van der Waals surface area contributed by atoms with Gasteiger partial charge in [-0.1, -0.05) is 36.4 Å². The van der Waals surface area contributed by atoms with Gasteiger partial charge in [0, 0.05) is 13.1 Å².